The Morgan fingerprint density at radius 3 is 2.36 bits per heavy atom. The summed E-state index contributed by atoms with van der Waals surface area (Å²) in [5.41, 5.74) is 3.07. The fraction of sp³-hybridized carbons (Fsp3) is 0.300. The van der Waals surface area contributed by atoms with Crippen molar-refractivity contribution >= 4 is 17.6 Å². The van der Waals surface area contributed by atoms with Crippen LogP contribution in [0.5, 0.6) is 0 Å². The maximum Gasteiger partial charge on any atom is 0.289 e. The molecule has 2 aromatic carbocycles. The van der Waals surface area contributed by atoms with Gasteiger partial charge in [-0.25, -0.2) is 4.98 Å². The van der Waals surface area contributed by atoms with Crippen LogP contribution in [0.15, 0.2) is 71.3 Å². The first-order valence-electron chi connectivity index (χ1n) is 13.2. The van der Waals surface area contributed by atoms with Crippen LogP contribution < -0.4 is 10.6 Å². The quantitative estimate of drug-likeness (QED) is 0.223. The van der Waals surface area contributed by atoms with Crippen molar-refractivity contribution in [3.63, 3.8) is 0 Å². The van der Waals surface area contributed by atoms with Crippen molar-refractivity contribution in [1.29, 1.82) is 0 Å². The minimum atomic E-state index is -0.772. The Hall–Kier alpha value is -4.53. The molecule has 0 aliphatic carbocycles. The van der Waals surface area contributed by atoms with Crippen LogP contribution in [-0.4, -0.2) is 38.8 Å². The molecule has 0 saturated carbocycles. The van der Waals surface area contributed by atoms with Gasteiger partial charge in [0.25, 0.3) is 11.8 Å². The molecule has 0 unspecified atom stereocenters. The van der Waals surface area contributed by atoms with E-state index in [0.29, 0.717) is 35.4 Å². The van der Waals surface area contributed by atoms with Gasteiger partial charge < -0.3 is 15.1 Å². The highest BCUT2D eigenvalue weighted by molar-refractivity contribution is 5.96. The van der Waals surface area contributed by atoms with Gasteiger partial charge in [0, 0.05) is 23.6 Å². The number of ketones is 1. The molecule has 0 aliphatic heterocycles. The molecule has 0 radical (unpaired) electrons. The topological polar surface area (TPSA) is 130 Å². The van der Waals surface area contributed by atoms with Crippen LogP contribution in [0.4, 0.5) is 0 Å². The van der Waals surface area contributed by atoms with E-state index in [4.69, 9.17) is 4.42 Å². The van der Waals surface area contributed by atoms with E-state index in [1.54, 1.807) is 6.07 Å². The number of aromatic nitrogens is 3. The molecule has 0 saturated heterocycles. The van der Waals surface area contributed by atoms with Gasteiger partial charge in [-0.3, -0.25) is 19.5 Å². The number of nitrogens with one attached hydrogen (secondary N) is 3. The Labute approximate surface area is 227 Å². The van der Waals surface area contributed by atoms with Crippen molar-refractivity contribution in [1.82, 2.24) is 25.8 Å². The number of carbonyl (C=O) groups excluding carboxylic acids is 3. The summed E-state index contributed by atoms with van der Waals surface area (Å²) >= 11 is 0. The number of carbonyl (C=O) groups is 3. The monoisotopic (exact) mass is 527 g/mol. The number of hydrogen-bond acceptors (Lipinski definition) is 6. The molecular weight excluding hydrogens is 494 g/mol. The van der Waals surface area contributed by atoms with E-state index >= 15 is 0 Å². The lowest BCUT2D eigenvalue weighted by atomic mass is 9.99. The largest absolute Gasteiger partial charge is 0.431 e. The molecule has 3 N–H and O–H groups in total. The molecule has 2 heterocycles. The van der Waals surface area contributed by atoms with Crippen LogP contribution in [-0.2, 0) is 4.79 Å². The second-order valence-corrected chi connectivity index (χ2v) is 9.30. The smallest absolute Gasteiger partial charge is 0.289 e. The third-order valence-electron chi connectivity index (χ3n) is 6.50. The van der Waals surface area contributed by atoms with Gasteiger partial charge in [-0.05, 0) is 43.0 Å². The number of H-pyrrole nitrogens is 1. The highest BCUT2D eigenvalue weighted by Crippen LogP contribution is 2.26. The van der Waals surface area contributed by atoms with Gasteiger partial charge in [0.15, 0.2) is 5.78 Å². The minimum Gasteiger partial charge on any atom is -0.431 e. The normalized spacial score (nSPS) is 11.8. The van der Waals surface area contributed by atoms with E-state index in [2.05, 4.69) is 25.8 Å². The predicted octanol–water partition coefficient (Wildman–Crippen LogP) is 5.49. The number of Topliss-reactive ketones (excluding diaryl/α,β-unsaturated/α-hetero) is 1. The molecule has 2 aromatic heterocycles. The molecule has 202 valence electrons. The van der Waals surface area contributed by atoms with E-state index in [1.807, 2.05) is 75.4 Å². The van der Waals surface area contributed by atoms with Gasteiger partial charge >= 0.3 is 0 Å². The van der Waals surface area contributed by atoms with E-state index in [0.717, 1.165) is 18.4 Å². The molecule has 4 rings (SSSR count). The molecule has 0 aliphatic rings. The first kappa shape index (κ1) is 27.5. The van der Waals surface area contributed by atoms with Crippen LogP contribution in [0.1, 0.15) is 79.1 Å². The molecule has 39 heavy (non-hydrogen) atoms. The zero-order valence-corrected chi connectivity index (χ0v) is 22.4. The average Bonchev–Trinajstić information content (AvgIpc) is 3.66. The lowest BCUT2D eigenvalue weighted by Crippen LogP contribution is -2.33. The summed E-state index contributed by atoms with van der Waals surface area (Å²) in [7, 11) is 0. The number of nitrogens with zero attached hydrogens (tertiary/aromatic N) is 2. The molecular formula is C30H33N5O4. The summed E-state index contributed by atoms with van der Waals surface area (Å²) in [4.78, 5) is 42.6. The lowest BCUT2D eigenvalue weighted by Gasteiger charge is -2.17. The third kappa shape index (κ3) is 6.67. The van der Waals surface area contributed by atoms with E-state index in [-0.39, 0.29) is 29.4 Å². The fourth-order valence-corrected chi connectivity index (χ4v) is 4.25. The highest BCUT2D eigenvalue weighted by atomic mass is 16.4. The average molecular weight is 528 g/mol. The van der Waals surface area contributed by atoms with Gasteiger partial charge in [0.05, 0.1) is 11.9 Å². The van der Waals surface area contributed by atoms with Crippen molar-refractivity contribution in [3.05, 3.63) is 83.9 Å². The number of hydrogen-bond donors (Lipinski definition) is 3. The molecule has 0 spiro atoms. The zero-order chi connectivity index (χ0) is 27.8. The second-order valence-electron chi connectivity index (χ2n) is 9.30. The van der Waals surface area contributed by atoms with Crippen LogP contribution in [0.3, 0.4) is 0 Å². The molecule has 2 amide bonds. The van der Waals surface area contributed by atoms with Crippen molar-refractivity contribution in [2.24, 2.45) is 0 Å². The first-order chi connectivity index (χ1) is 18.9. The Kier molecular flexibility index (Phi) is 9.04. The van der Waals surface area contributed by atoms with Gasteiger partial charge in [0.2, 0.25) is 11.7 Å². The van der Waals surface area contributed by atoms with Crippen molar-refractivity contribution in [3.8, 4) is 22.7 Å². The molecule has 9 heteroatoms. The van der Waals surface area contributed by atoms with Gasteiger partial charge in [-0.1, -0.05) is 63.2 Å². The van der Waals surface area contributed by atoms with Crippen molar-refractivity contribution in [2.45, 2.75) is 58.5 Å². The van der Waals surface area contributed by atoms with Gasteiger partial charge in [-0.15, -0.1) is 0 Å². The summed E-state index contributed by atoms with van der Waals surface area (Å²) in [6.45, 7) is 5.98. The number of oxazole rings is 1. The third-order valence-corrected chi connectivity index (χ3v) is 6.50. The Morgan fingerprint density at radius 2 is 1.64 bits per heavy atom. The van der Waals surface area contributed by atoms with Crippen LogP contribution in [0.2, 0.25) is 0 Å². The minimum absolute atomic E-state index is 0.000705. The molecule has 0 fully saturated rings. The molecule has 0 bridgehead atoms. The molecule has 9 nitrogen and oxygen atoms in total. The number of benzene rings is 2. The Bertz CT molecular complexity index is 1420. The zero-order valence-electron chi connectivity index (χ0n) is 22.4. The molecule has 1 atom stereocenters. The van der Waals surface area contributed by atoms with Crippen molar-refractivity contribution in [2.75, 3.05) is 0 Å². The lowest BCUT2D eigenvalue weighted by molar-refractivity contribution is -0.121. The number of aromatic amines is 1. The predicted molar refractivity (Wildman–Crippen MR) is 148 cm³/mol. The Balaban J connectivity index is 1.50. The Morgan fingerprint density at radius 1 is 0.897 bits per heavy atom. The summed E-state index contributed by atoms with van der Waals surface area (Å²) in [6, 6.07) is 17.5. The highest BCUT2D eigenvalue weighted by Gasteiger charge is 2.24. The summed E-state index contributed by atoms with van der Waals surface area (Å²) < 4.78 is 5.78. The van der Waals surface area contributed by atoms with Crippen LogP contribution in [0, 0.1) is 0 Å². The summed E-state index contributed by atoms with van der Waals surface area (Å²) in [5.74, 6) is -0.547. The van der Waals surface area contributed by atoms with E-state index in [9.17, 15) is 14.4 Å². The summed E-state index contributed by atoms with van der Waals surface area (Å²) in [5, 5.41) is 12.9. The van der Waals surface area contributed by atoms with Crippen molar-refractivity contribution < 1.29 is 18.8 Å². The number of rotatable bonds is 12. The van der Waals surface area contributed by atoms with E-state index in [1.165, 1.54) is 6.20 Å². The van der Waals surface area contributed by atoms with E-state index < -0.39 is 11.9 Å². The maximum absolute atomic E-state index is 13.0. The van der Waals surface area contributed by atoms with Gasteiger partial charge in [-0.2, -0.15) is 5.10 Å². The maximum atomic E-state index is 13.0. The standard InChI is InChI=1S/C30H33N5O4/c1-4-11-25(36)27(19-12-8-7-9-13-19)33-29(38)26-18-31-30(39-26)21-15-10-14-20(16-21)23-17-24(35-34-23)28(37)32-22(5-2)6-3/h7-10,12-18,22,27H,4-6,11H2,1-3H3,(H,32,37)(H,33,38)(H,34,35)/t27-/m1/s1. The summed E-state index contributed by atoms with van der Waals surface area (Å²) in [6.07, 6.45) is 4.08. The van der Waals surface area contributed by atoms with Gasteiger partial charge in [0.1, 0.15) is 11.7 Å². The molecule has 4 aromatic rings. The fourth-order valence-electron chi connectivity index (χ4n) is 4.25. The first-order valence-corrected chi connectivity index (χ1v) is 13.2. The van der Waals surface area contributed by atoms with Crippen LogP contribution in [0.25, 0.3) is 22.7 Å². The van der Waals surface area contributed by atoms with Crippen LogP contribution >= 0.6 is 0 Å². The SMILES string of the molecule is CCCC(=O)[C@H](NC(=O)c1cnc(-c2cccc(-c3cc(C(=O)NC(CC)CC)[nH]n3)c2)o1)c1ccccc1. The number of amides is 2. The second kappa shape index (κ2) is 12.8.